The van der Waals surface area contributed by atoms with E-state index in [-0.39, 0.29) is 12.5 Å². The molecule has 5 nitrogen and oxygen atoms in total. The van der Waals surface area contributed by atoms with Crippen LogP contribution in [-0.2, 0) is 14.3 Å². The molecule has 3 N–H and O–H groups in total. The van der Waals surface area contributed by atoms with Gasteiger partial charge in [-0.1, -0.05) is 20.8 Å². The normalized spacial score (nSPS) is 33.1. The largest absolute Gasteiger partial charge is 0.481 e. The molecule has 1 aliphatic rings. The molecule has 112 valence electrons. The van der Waals surface area contributed by atoms with Crippen LogP contribution in [-0.4, -0.2) is 35.1 Å². The van der Waals surface area contributed by atoms with Crippen molar-refractivity contribution in [2.75, 3.05) is 6.54 Å². The maximum atomic E-state index is 11.2. The number of carbonyl (C=O) groups is 1. The predicted octanol–water partition coefficient (Wildman–Crippen LogP) is 2.14. The minimum absolute atomic E-state index is 0.0235. The summed E-state index contributed by atoms with van der Waals surface area (Å²) in [7, 11) is 0. The molecule has 1 saturated heterocycles. The molecule has 0 aromatic rings. The summed E-state index contributed by atoms with van der Waals surface area (Å²) in [6, 6.07) is 0. The van der Waals surface area contributed by atoms with Crippen LogP contribution in [0.25, 0.3) is 0 Å². The van der Waals surface area contributed by atoms with Crippen LogP contribution >= 0.6 is 0 Å². The SMILES string of the molecule is CCC1(CC(=O)O)OC(C)(C)OC(CCN)C1(C)C. The van der Waals surface area contributed by atoms with Crippen LogP contribution in [0.1, 0.15) is 53.9 Å². The van der Waals surface area contributed by atoms with Crippen LogP contribution in [0.3, 0.4) is 0 Å². The van der Waals surface area contributed by atoms with Gasteiger partial charge in [0.25, 0.3) is 0 Å². The van der Waals surface area contributed by atoms with E-state index >= 15 is 0 Å². The third-order valence-electron chi connectivity index (χ3n) is 4.28. The standard InChI is InChI=1S/C14H27NO4/c1-6-14(9-11(16)17)12(2,3)10(7-8-15)18-13(4,5)19-14/h10H,6-9,15H2,1-5H3,(H,16,17). The first-order valence-corrected chi connectivity index (χ1v) is 6.90. The van der Waals surface area contributed by atoms with Gasteiger partial charge >= 0.3 is 5.97 Å². The Labute approximate surface area is 115 Å². The molecule has 0 aromatic heterocycles. The highest BCUT2D eigenvalue weighted by atomic mass is 16.7. The average molecular weight is 273 g/mol. The van der Waals surface area contributed by atoms with Gasteiger partial charge in [-0.25, -0.2) is 0 Å². The summed E-state index contributed by atoms with van der Waals surface area (Å²) in [4.78, 5) is 11.2. The second kappa shape index (κ2) is 5.38. The lowest BCUT2D eigenvalue weighted by atomic mass is 9.65. The fraction of sp³-hybridized carbons (Fsp3) is 0.929. The van der Waals surface area contributed by atoms with Gasteiger partial charge in [0.05, 0.1) is 18.1 Å². The fourth-order valence-electron chi connectivity index (χ4n) is 3.14. The van der Waals surface area contributed by atoms with Crippen LogP contribution in [0.15, 0.2) is 0 Å². The molecule has 2 unspecified atom stereocenters. The fourth-order valence-corrected chi connectivity index (χ4v) is 3.14. The smallest absolute Gasteiger partial charge is 0.306 e. The topological polar surface area (TPSA) is 81.8 Å². The molecule has 0 bridgehead atoms. The molecule has 1 fully saturated rings. The highest BCUT2D eigenvalue weighted by molar-refractivity contribution is 5.68. The predicted molar refractivity (Wildman–Crippen MR) is 72.8 cm³/mol. The summed E-state index contributed by atoms with van der Waals surface area (Å²) in [5.41, 5.74) is 4.52. The first-order chi connectivity index (χ1) is 8.60. The number of aliphatic carboxylic acids is 1. The molecule has 0 amide bonds. The molecule has 1 aliphatic heterocycles. The molecule has 0 aliphatic carbocycles. The molecule has 2 atom stereocenters. The highest BCUT2D eigenvalue weighted by Crippen LogP contribution is 2.51. The van der Waals surface area contributed by atoms with Gasteiger partial charge < -0.3 is 20.3 Å². The summed E-state index contributed by atoms with van der Waals surface area (Å²) >= 11 is 0. The Kier molecular flexibility index (Phi) is 4.65. The first-order valence-electron chi connectivity index (χ1n) is 6.90. The van der Waals surface area contributed by atoms with Gasteiger partial charge in [-0.05, 0) is 33.2 Å². The van der Waals surface area contributed by atoms with Gasteiger partial charge in [0.15, 0.2) is 5.79 Å². The minimum atomic E-state index is -0.848. The van der Waals surface area contributed by atoms with Crippen molar-refractivity contribution in [3.8, 4) is 0 Å². The highest BCUT2D eigenvalue weighted by Gasteiger charge is 2.58. The third-order valence-corrected chi connectivity index (χ3v) is 4.28. The lowest BCUT2D eigenvalue weighted by Gasteiger charge is -2.58. The second-order valence-electron chi connectivity index (χ2n) is 6.33. The quantitative estimate of drug-likeness (QED) is 0.802. The molecular weight excluding hydrogens is 246 g/mol. The van der Waals surface area contributed by atoms with Crippen molar-refractivity contribution in [3.63, 3.8) is 0 Å². The molecule has 0 saturated carbocycles. The van der Waals surface area contributed by atoms with Crippen molar-refractivity contribution in [2.45, 2.75) is 71.4 Å². The van der Waals surface area contributed by atoms with Crippen LogP contribution < -0.4 is 5.73 Å². The molecule has 5 heteroatoms. The maximum absolute atomic E-state index is 11.2. The minimum Gasteiger partial charge on any atom is -0.481 e. The molecular formula is C14H27NO4. The number of carboxylic acids is 1. The Hall–Kier alpha value is -0.650. The zero-order chi connectivity index (χ0) is 14.9. The summed E-state index contributed by atoms with van der Waals surface area (Å²) < 4.78 is 12.0. The van der Waals surface area contributed by atoms with Gasteiger partial charge in [-0.15, -0.1) is 0 Å². The Morgan fingerprint density at radius 3 is 2.32 bits per heavy atom. The van der Waals surface area contributed by atoms with Gasteiger partial charge in [-0.3, -0.25) is 4.79 Å². The summed E-state index contributed by atoms with van der Waals surface area (Å²) in [5.74, 6) is -1.64. The lowest BCUT2D eigenvalue weighted by Crippen LogP contribution is -2.64. The maximum Gasteiger partial charge on any atom is 0.306 e. The monoisotopic (exact) mass is 273 g/mol. The van der Waals surface area contributed by atoms with E-state index in [9.17, 15) is 9.90 Å². The van der Waals surface area contributed by atoms with Crippen molar-refractivity contribution in [3.05, 3.63) is 0 Å². The number of nitrogens with two attached hydrogens (primary N) is 1. The van der Waals surface area contributed by atoms with E-state index in [1.165, 1.54) is 0 Å². The molecule has 1 heterocycles. The number of ether oxygens (including phenoxy) is 2. The van der Waals surface area contributed by atoms with Crippen LogP contribution in [0.2, 0.25) is 0 Å². The van der Waals surface area contributed by atoms with Crippen molar-refractivity contribution in [2.24, 2.45) is 11.1 Å². The number of hydrogen-bond donors (Lipinski definition) is 2. The van der Waals surface area contributed by atoms with E-state index in [2.05, 4.69) is 0 Å². The molecule has 0 aromatic carbocycles. The van der Waals surface area contributed by atoms with Crippen molar-refractivity contribution in [1.82, 2.24) is 0 Å². The summed E-state index contributed by atoms with van der Waals surface area (Å²) in [6.07, 6.45) is 1.19. The Morgan fingerprint density at radius 2 is 1.89 bits per heavy atom. The van der Waals surface area contributed by atoms with E-state index < -0.39 is 22.8 Å². The van der Waals surface area contributed by atoms with Gasteiger partial charge in [0.2, 0.25) is 0 Å². The molecule has 19 heavy (non-hydrogen) atoms. The van der Waals surface area contributed by atoms with E-state index in [1.54, 1.807) is 0 Å². The Balaban J connectivity index is 3.19. The third kappa shape index (κ3) is 3.09. The van der Waals surface area contributed by atoms with Crippen LogP contribution in [0.5, 0.6) is 0 Å². The van der Waals surface area contributed by atoms with Crippen molar-refractivity contribution in [1.29, 1.82) is 0 Å². The number of hydrogen-bond acceptors (Lipinski definition) is 4. The zero-order valence-corrected chi connectivity index (χ0v) is 12.7. The number of carboxylic acid groups (broad SMARTS) is 1. The Bertz CT molecular complexity index is 340. The van der Waals surface area contributed by atoms with Gasteiger partial charge in [0.1, 0.15) is 0 Å². The number of rotatable bonds is 5. The van der Waals surface area contributed by atoms with E-state index in [0.29, 0.717) is 19.4 Å². The summed E-state index contributed by atoms with van der Waals surface area (Å²) in [5, 5.41) is 9.24. The van der Waals surface area contributed by atoms with Gasteiger partial charge in [0, 0.05) is 5.41 Å². The lowest BCUT2D eigenvalue weighted by molar-refractivity contribution is -0.380. The van der Waals surface area contributed by atoms with Crippen LogP contribution in [0, 0.1) is 5.41 Å². The zero-order valence-electron chi connectivity index (χ0n) is 12.7. The molecule has 0 radical (unpaired) electrons. The molecule has 0 spiro atoms. The molecule has 1 rings (SSSR count). The second-order valence-corrected chi connectivity index (χ2v) is 6.33. The first kappa shape index (κ1) is 16.4. The van der Waals surface area contributed by atoms with Crippen molar-refractivity contribution < 1.29 is 19.4 Å². The average Bonchev–Trinajstić information content (AvgIpc) is 2.24. The Morgan fingerprint density at radius 1 is 1.32 bits per heavy atom. The van der Waals surface area contributed by atoms with E-state index in [4.69, 9.17) is 15.2 Å². The van der Waals surface area contributed by atoms with Crippen LogP contribution in [0.4, 0.5) is 0 Å². The van der Waals surface area contributed by atoms with Gasteiger partial charge in [-0.2, -0.15) is 0 Å². The summed E-state index contributed by atoms with van der Waals surface area (Å²) in [6.45, 7) is 10.2. The van der Waals surface area contributed by atoms with E-state index in [0.717, 1.165) is 0 Å². The van der Waals surface area contributed by atoms with E-state index in [1.807, 2.05) is 34.6 Å². The van der Waals surface area contributed by atoms with Crippen molar-refractivity contribution >= 4 is 5.97 Å².